The fraction of sp³-hybridized carbons (Fsp3) is 0.100. The number of nitrogens with one attached hydrogen (secondary N) is 1. The maximum absolute atomic E-state index is 12.6. The van der Waals surface area contributed by atoms with Crippen LogP contribution in [-0.4, -0.2) is 22.1 Å². The van der Waals surface area contributed by atoms with Crippen molar-refractivity contribution >= 4 is 34.8 Å². The van der Waals surface area contributed by atoms with Gasteiger partial charge in [0, 0.05) is 22.2 Å². The van der Waals surface area contributed by atoms with E-state index in [0.29, 0.717) is 12.2 Å². The van der Waals surface area contributed by atoms with Crippen LogP contribution in [0.3, 0.4) is 0 Å². The molecule has 5 aromatic rings. The third kappa shape index (κ3) is 5.56. The van der Waals surface area contributed by atoms with Gasteiger partial charge in [0.15, 0.2) is 0 Å². The summed E-state index contributed by atoms with van der Waals surface area (Å²) in [5.74, 6) is 0.437. The van der Waals surface area contributed by atoms with Crippen LogP contribution >= 0.6 is 23.1 Å². The lowest BCUT2D eigenvalue weighted by atomic mass is 10.1. The molecule has 0 aliphatic carbocycles. The van der Waals surface area contributed by atoms with E-state index < -0.39 is 0 Å². The Hall–Kier alpha value is -3.74. The molecule has 0 atom stereocenters. The summed E-state index contributed by atoms with van der Waals surface area (Å²) < 4.78 is 0. The molecular formula is C30H25N3OS2. The largest absolute Gasteiger partial charge is 0.310 e. The third-order valence-electron chi connectivity index (χ3n) is 5.75. The SMILES string of the molecule is CSc1ccc(-c2nc(-c3cccc(C)c3)c(-c3ccnc(NC(=O)Cc4ccccc4)c3)s2)cc1. The normalized spacial score (nSPS) is 10.8. The standard InChI is InChI=1S/C30H25N3OS2/c1-20-7-6-10-23(17-20)28-29(36-30(33-28)22-11-13-25(35-2)14-12-22)24-15-16-31-26(19-24)32-27(34)18-21-8-4-3-5-9-21/h3-17,19H,18H2,1-2H3,(H,31,32,34). The summed E-state index contributed by atoms with van der Waals surface area (Å²) in [7, 11) is 0. The predicted molar refractivity (Wildman–Crippen MR) is 152 cm³/mol. The minimum atomic E-state index is -0.0939. The number of thioether (sulfide) groups is 1. The van der Waals surface area contributed by atoms with Gasteiger partial charge in [-0.3, -0.25) is 4.79 Å². The molecular weight excluding hydrogens is 482 g/mol. The van der Waals surface area contributed by atoms with Crippen molar-refractivity contribution in [1.82, 2.24) is 9.97 Å². The Morgan fingerprint density at radius 2 is 1.69 bits per heavy atom. The molecule has 2 aromatic heterocycles. The van der Waals surface area contributed by atoms with Gasteiger partial charge in [0.2, 0.25) is 5.91 Å². The third-order valence-corrected chi connectivity index (χ3v) is 7.65. The fourth-order valence-corrected chi connectivity index (χ4v) is 5.47. The summed E-state index contributed by atoms with van der Waals surface area (Å²) in [5, 5.41) is 3.91. The summed E-state index contributed by atoms with van der Waals surface area (Å²) in [6, 6.07) is 30.5. The van der Waals surface area contributed by atoms with Crippen LogP contribution < -0.4 is 5.32 Å². The number of amides is 1. The molecule has 0 bridgehead atoms. The number of carbonyl (C=O) groups is 1. The number of aryl methyl sites for hydroxylation is 1. The van der Waals surface area contributed by atoms with E-state index in [-0.39, 0.29) is 5.91 Å². The number of nitrogens with zero attached hydrogens (tertiary/aromatic N) is 2. The van der Waals surface area contributed by atoms with Gasteiger partial charge < -0.3 is 5.32 Å². The van der Waals surface area contributed by atoms with Crippen LogP contribution in [0, 0.1) is 6.92 Å². The quantitative estimate of drug-likeness (QED) is 0.229. The van der Waals surface area contributed by atoms with Crippen molar-refractivity contribution in [2.45, 2.75) is 18.2 Å². The fourth-order valence-electron chi connectivity index (χ4n) is 3.97. The monoisotopic (exact) mass is 507 g/mol. The van der Waals surface area contributed by atoms with Crippen molar-refractivity contribution in [2.24, 2.45) is 0 Å². The number of carbonyl (C=O) groups excluding carboxylic acids is 1. The van der Waals surface area contributed by atoms with E-state index in [1.807, 2.05) is 42.5 Å². The summed E-state index contributed by atoms with van der Waals surface area (Å²) >= 11 is 3.38. The molecule has 5 rings (SSSR count). The highest BCUT2D eigenvalue weighted by atomic mass is 32.2. The summed E-state index contributed by atoms with van der Waals surface area (Å²) in [6.45, 7) is 2.09. The number of hydrogen-bond acceptors (Lipinski definition) is 5. The molecule has 0 saturated carbocycles. The van der Waals surface area contributed by atoms with Crippen molar-refractivity contribution in [3.8, 4) is 32.3 Å². The topological polar surface area (TPSA) is 54.9 Å². The molecule has 0 saturated heterocycles. The van der Waals surface area contributed by atoms with Gasteiger partial charge in [-0.1, -0.05) is 66.2 Å². The first-order chi connectivity index (χ1) is 17.6. The first-order valence-corrected chi connectivity index (χ1v) is 13.7. The molecule has 1 amide bonds. The van der Waals surface area contributed by atoms with Gasteiger partial charge >= 0.3 is 0 Å². The number of aromatic nitrogens is 2. The van der Waals surface area contributed by atoms with E-state index in [9.17, 15) is 4.79 Å². The first kappa shape index (κ1) is 24.0. The van der Waals surface area contributed by atoms with Gasteiger partial charge in [-0.05, 0) is 54.6 Å². The highest BCUT2D eigenvalue weighted by Gasteiger charge is 2.17. The van der Waals surface area contributed by atoms with Crippen LogP contribution in [0.4, 0.5) is 5.82 Å². The van der Waals surface area contributed by atoms with Crippen LogP contribution in [0.5, 0.6) is 0 Å². The Labute approximate surface area is 219 Å². The van der Waals surface area contributed by atoms with E-state index in [1.54, 1.807) is 29.3 Å². The average molecular weight is 508 g/mol. The molecule has 0 fully saturated rings. The number of rotatable bonds is 7. The lowest BCUT2D eigenvalue weighted by molar-refractivity contribution is -0.115. The van der Waals surface area contributed by atoms with E-state index in [0.717, 1.165) is 37.8 Å². The minimum absolute atomic E-state index is 0.0939. The molecule has 1 N–H and O–H groups in total. The number of anilines is 1. The van der Waals surface area contributed by atoms with Gasteiger partial charge in [-0.15, -0.1) is 23.1 Å². The zero-order valence-corrected chi connectivity index (χ0v) is 21.7. The molecule has 0 aliphatic heterocycles. The van der Waals surface area contributed by atoms with Gasteiger partial charge in [-0.2, -0.15) is 0 Å². The summed E-state index contributed by atoms with van der Waals surface area (Å²) in [4.78, 5) is 24.4. The molecule has 178 valence electrons. The zero-order chi connectivity index (χ0) is 24.9. The van der Waals surface area contributed by atoms with Crippen molar-refractivity contribution in [1.29, 1.82) is 0 Å². The molecule has 0 aliphatic rings. The molecule has 0 radical (unpaired) electrons. The predicted octanol–water partition coefficient (Wildman–Crippen LogP) is 7.75. The van der Waals surface area contributed by atoms with E-state index in [2.05, 4.69) is 72.0 Å². The van der Waals surface area contributed by atoms with Crippen LogP contribution in [0.25, 0.3) is 32.3 Å². The second kappa shape index (κ2) is 10.9. The van der Waals surface area contributed by atoms with Gasteiger partial charge in [0.25, 0.3) is 0 Å². The Morgan fingerprint density at radius 1 is 0.889 bits per heavy atom. The van der Waals surface area contributed by atoms with Gasteiger partial charge in [0.1, 0.15) is 10.8 Å². The Kier molecular flexibility index (Phi) is 7.26. The van der Waals surface area contributed by atoms with Gasteiger partial charge in [0.05, 0.1) is 17.0 Å². The lowest BCUT2D eigenvalue weighted by Gasteiger charge is -2.08. The Bertz CT molecular complexity index is 1490. The molecule has 6 heteroatoms. The Morgan fingerprint density at radius 3 is 2.44 bits per heavy atom. The van der Waals surface area contributed by atoms with Crippen LogP contribution in [0.2, 0.25) is 0 Å². The second-order valence-corrected chi connectivity index (χ2v) is 10.3. The van der Waals surface area contributed by atoms with E-state index in [1.165, 1.54) is 10.5 Å². The van der Waals surface area contributed by atoms with E-state index >= 15 is 0 Å². The lowest BCUT2D eigenvalue weighted by Crippen LogP contribution is -2.15. The second-order valence-electron chi connectivity index (χ2n) is 8.44. The van der Waals surface area contributed by atoms with Crippen molar-refractivity contribution in [3.63, 3.8) is 0 Å². The van der Waals surface area contributed by atoms with Crippen molar-refractivity contribution < 1.29 is 4.79 Å². The Balaban J connectivity index is 1.50. The smallest absolute Gasteiger partial charge is 0.229 e. The molecule has 4 nitrogen and oxygen atoms in total. The number of pyridine rings is 1. The van der Waals surface area contributed by atoms with Crippen molar-refractivity contribution in [3.05, 3.63) is 108 Å². The maximum Gasteiger partial charge on any atom is 0.229 e. The number of benzene rings is 3. The maximum atomic E-state index is 12.6. The summed E-state index contributed by atoms with van der Waals surface area (Å²) in [5.41, 5.74) is 6.21. The number of thiazole rings is 1. The molecule has 2 heterocycles. The van der Waals surface area contributed by atoms with Gasteiger partial charge in [-0.25, -0.2) is 9.97 Å². The minimum Gasteiger partial charge on any atom is -0.310 e. The van der Waals surface area contributed by atoms with E-state index in [4.69, 9.17) is 4.98 Å². The van der Waals surface area contributed by atoms with Crippen LogP contribution in [0.1, 0.15) is 11.1 Å². The van der Waals surface area contributed by atoms with Crippen molar-refractivity contribution in [2.75, 3.05) is 11.6 Å². The number of hydrogen-bond donors (Lipinski definition) is 1. The zero-order valence-electron chi connectivity index (χ0n) is 20.1. The average Bonchev–Trinajstić information content (AvgIpc) is 3.35. The first-order valence-electron chi connectivity index (χ1n) is 11.6. The molecule has 0 spiro atoms. The highest BCUT2D eigenvalue weighted by molar-refractivity contribution is 7.98. The summed E-state index contributed by atoms with van der Waals surface area (Å²) in [6.07, 6.45) is 4.12. The van der Waals surface area contributed by atoms with Crippen LogP contribution in [-0.2, 0) is 11.2 Å². The molecule has 3 aromatic carbocycles. The molecule has 36 heavy (non-hydrogen) atoms. The van der Waals surface area contributed by atoms with Crippen LogP contribution in [0.15, 0.2) is 102 Å². The molecule has 0 unspecified atom stereocenters. The highest BCUT2D eigenvalue weighted by Crippen LogP contribution is 2.41.